The molecule has 0 unspecified atom stereocenters. The van der Waals surface area contributed by atoms with Crippen molar-refractivity contribution >= 4 is 29.4 Å². The van der Waals surface area contributed by atoms with Crippen LogP contribution in [0.15, 0.2) is 61.1 Å². The number of hydrogen-bond donors (Lipinski definition) is 5. The second kappa shape index (κ2) is 15.5. The second-order valence-electron chi connectivity index (χ2n) is 10.9. The monoisotopic (exact) mass is 647 g/mol. The van der Waals surface area contributed by atoms with Crippen molar-refractivity contribution in [3.63, 3.8) is 0 Å². The number of fused-ring (bicyclic) bond motifs is 1. The summed E-state index contributed by atoms with van der Waals surface area (Å²) in [5.74, 6) is 0.879. The van der Waals surface area contributed by atoms with Crippen molar-refractivity contribution in [3.8, 4) is 0 Å². The van der Waals surface area contributed by atoms with Crippen LogP contribution < -0.4 is 10.2 Å². The fourth-order valence-electron chi connectivity index (χ4n) is 5.06. The number of ether oxygens (including phenoxy) is 1. The molecule has 5 N–H and O–H groups in total. The van der Waals surface area contributed by atoms with Gasteiger partial charge in [-0.2, -0.15) is 14.8 Å². The molecule has 0 saturated carbocycles. The fourth-order valence-corrected chi connectivity index (χ4v) is 5.06. The average Bonchev–Trinajstić information content (AvgIpc) is 3.81. The summed E-state index contributed by atoms with van der Waals surface area (Å²) in [5.41, 5.74) is 2.78. The molecule has 17 heteroatoms. The van der Waals surface area contributed by atoms with E-state index in [1.165, 1.54) is 11.1 Å². The highest BCUT2D eigenvalue weighted by Crippen LogP contribution is 2.39. The fraction of sp³-hybridized carbons (Fsp3) is 0.400. The van der Waals surface area contributed by atoms with E-state index in [-0.39, 0.29) is 25.1 Å². The summed E-state index contributed by atoms with van der Waals surface area (Å²) in [5, 5.41) is 54.9. The van der Waals surface area contributed by atoms with Gasteiger partial charge in [-0.25, -0.2) is 4.98 Å². The van der Waals surface area contributed by atoms with Gasteiger partial charge >= 0.3 is 0 Å². The Morgan fingerprint density at radius 1 is 1.04 bits per heavy atom. The lowest BCUT2D eigenvalue weighted by atomic mass is 10.1. The van der Waals surface area contributed by atoms with E-state index < -0.39 is 24.5 Å². The van der Waals surface area contributed by atoms with E-state index in [4.69, 9.17) is 24.6 Å². The summed E-state index contributed by atoms with van der Waals surface area (Å²) >= 11 is 0. The van der Waals surface area contributed by atoms with Crippen molar-refractivity contribution in [2.75, 3.05) is 30.0 Å². The Morgan fingerprint density at radius 3 is 2.49 bits per heavy atom. The summed E-state index contributed by atoms with van der Waals surface area (Å²) in [4.78, 5) is 29.9. The van der Waals surface area contributed by atoms with E-state index in [1.54, 1.807) is 15.7 Å². The minimum absolute atomic E-state index is 0.0387. The van der Waals surface area contributed by atoms with Crippen LogP contribution in [0.5, 0.6) is 0 Å². The third-order valence-electron chi connectivity index (χ3n) is 7.45. The van der Waals surface area contributed by atoms with Crippen molar-refractivity contribution < 1.29 is 30.0 Å². The molecule has 47 heavy (non-hydrogen) atoms. The van der Waals surface area contributed by atoms with Crippen LogP contribution in [0.2, 0.25) is 0 Å². The molecule has 5 heterocycles. The Morgan fingerprint density at radius 2 is 1.81 bits per heavy atom. The summed E-state index contributed by atoms with van der Waals surface area (Å²) in [7, 11) is 0. The summed E-state index contributed by atoms with van der Waals surface area (Å²) in [6.07, 6.45) is -0.203. The Kier molecular flexibility index (Phi) is 10.9. The molecule has 1 aliphatic rings. The predicted molar refractivity (Wildman–Crippen MR) is 168 cm³/mol. The molecule has 0 bridgehead atoms. The zero-order valence-electron chi connectivity index (χ0n) is 25.9. The molecule has 17 nitrogen and oxygen atoms in total. The number of benzene rings is 1. The summed E-state index contributed by atoms with van der Waals surface area (Å²) < 4.78 is 7.67. The molecular formula is C30H37N11O6. The van der Waals surface area contributed by atoms with Crippen LogP contribution in [-0.2, 0) is 22.4 Å². The van der Waals surface area contributed by atoms with Gasteiger partial charge in [0.1, 0.15) is 18.9 Å². The summed E-state index contributed by atoms with van der Waals surface area (Å²) in [6.45, 7) is 4.22. The van der Waals surface area contributed by atoms with Gasteiger partial charge in [0.05, 0.1) is 12.4 Å². The number of pyridine rings is 1. The highest BCUT2D eigenvalue weighted by Gasteiger charge is 2.47. The Bertz CT molecular complexity index is 1720. The smallest absolute Gasteiger partial charge is 0.290 e. The van der Waals surface area contributed by atoms with Crippen LogP contribution >= 0.6 is 0 Å². The molecule has 1 saturated heterocycles. The molecule has 0 aliphatic carbocycles. The standard InChI is InChI=1S/C29H35N11O4.CH2O2/c1-18(2)40-36-25(35-37-40)24-22(42)23(43)28(44-24)39-16-32-21-26(38(17-41)15-12-19-8-4-3-5-9-19)33-29(34-27(21)39)31-14-11-20-10-6-7-13-30-20;2-1-3/h3-10,13,16,18,22-24,28,41-43H,11-12,14-15,17H2,1-2H3,(H,31,33,34);1H,(H,2,3)/t22-,23+,24-,28+;/m0./s1. The molecular weight excluding hydrogens is 610 g/mol. The van der Waals surface area contributed by atoms with Crippen LogP contribution in [0, 0.1) is 0 Å². The number of imidazole rings is 1. The third kappa shape index (κ3) is 7.66. The first-order valence-electron chi connectivity index (χ1n) is 15.0. The van der Waals surface area contributed by atoms with Gasteiger partial charge in [0.25, 0.3) is 6.47 Å². The van der Waals surface area contributed by atoms with Gasteiger partial charge in [0.2, 0.25) is 11.8 Å². The van der Waals surface area contributed by atoms with Gasteiger partial charge < -0.3 is 35.4 Å². The normalized spacial score (nSPS) is 19.0. The zero-order valence-corrected chi connectivity index (χ0v) is 25.9. The first-order valence-corrected chi connectivity index (χ1v) is 15.0. The van der Waals surface area contributed by atoms with Gasteiger partial charge in [-0.3, -0.25) is 14.3 Å². The number of rotatable bonds is 12. The van der Waals surface area contributed by atoms with Crippen LogP contribution in [0.25, 0.3) is 11.2 Å². The third-order valence-corrected chi connectivity index (χ3v) is 7.45. The molecule has 0 spiro atoms. The van der Waals surface area contributed by atoms with Crippen molar-refractivity contribution in [2.45, 2.75) is 57.3 Å². The highest BCUT2D eigenvalue weighted by molar-refractivity contribution is 5.85. The Balaban J connectivity index is 0.00000139. The topological polar surface area (TPSA) is 223 Å². The van der Waals surface area contributed by atoms with E-state index in [9.17, 15) is 15.3 Å². The van der Waals surface area contributed by atoms with Crippen molar-refractivity contribution in [3.05, 3.63) is 78.1 Å². The number of tetrazole rings is 1. The van der Waals surface area contributed by atoms with Crippen molar-refractivity contribution in [2.24, 2.45) is 0 Å². The van der Waals surface area contributed by atoms with Crippen LogP contribution in [-0.4, -0.2) is 104 Å². The van der Waals surface area contributed by atoms with E-state index in [0.717, 1.165) is 11.3 Å². The van der Waals surface area contributed by atoms with E-state index in [0.29, 0.717) is 48.9 Å². The number of aliphatic hydroxyl groups is 3. The van der Waals surface area contributed by atoms with Gasteiger partial charge in [-0.15, -0.1) is 10.2 Å². The quantitative estimate of drug-likeness (QED) is 0.0946. The maximum absolute atomic E-state index is 11.1. The first-order chi connectivity index (χ1) is 22.8. The highest BCUT2D eigenvalue weighted by atomic mass is 16.6. The van der Waals surface area contributed by atoms with Crippen LogP contribution in [0.4, 0.5) is 11.8 Å². The molecule has 4 aromatic heterocycles. The number of aliphatic hydroxyl groups excluding tert-OH is 3. The number of nitrogens with zero attached hydrogens (tertiary/aromatic N) is 10. The first kappa shape index (κ1) is 33.3. The van der Waals surface area contributed by atoms with Gasteiger partial charge in [0.15, 0.2) is 29.3 Å². The number of aromatic nitrogens is 9. The Hall–Kier alpha value is -5.10. The number of carboxylic acid groups (broad SMARTS) is 1. The largest absolute Gasteiger partial charge is 0.483 e. The number of carbonyl (C=O) groups is 1. The average molecular weight is 648 g/mol. The predicted octanol–water partition coefficient (Wildman–Crippen LogP) is 1.13. The lowest BCUT2D eigenvalue weighted by Crippen LogP contribution is -2.30. The minimum atomic E-state index is -1.34. The molecule has 0 amide bonds. The Labute approximate surface area is 269 Å². The van der Waals surface area contributed by atoms with Gasteiger partial charge in [0, 0.05) is 31.4 Å². The SMILES string of the molecule is CC(C)n1nnc([C@H]2O[C@@H](n3cnc4c(N(CO)CCc5ccccc5)nc(NCCc5ccccn5)nc43)[C@H](O)[C@@H]2O)n1.O=CO. The molecule has 1 aliphatic heterocycles. The number of nitrogens with one attached hydrogen (secondary N) is 1. The molecule has 1 aromatic carbocycles. The zero-order chi connectivity index (χ0) is 33.3. The number of hydrogen-bond acceptors (Lipinski definition) is 14. The lowest BCUT2D eigenvalue weighted by molar-refractivity contribution is -0.122. The van der Waals surface area contributed by atoms with Crippen molar-refractivity contribution in [1.82, 2.24) is 44.7 Å². The number of anilines is 2. The van der Waals surface area contributed by atoms with Crippen LogP contribution in [0.1, 0.15) is 49.3 Å². The van der Waals surface area contributed by atoms with Gasteiger partial charge in [-0.05, 0) is 43.2 Å². The molecule has 1 fully saturated rings. The molecule has 5 aromatic rings. The maximum atomic E-state index is 11.1. The van der Waals surface area contributed by atoms with E-state index >= 15 is 0 Å². The van der Waals surface area contributed by atoms with E-state index in [2.05, 4.69) is 30.7 Å². The lowest BCUT2D eigenvalue weighted by Gasteiger charge is -2.22. The van der Waals surface area contributed by atoms with Crippen molar-refractivity contribution in [1.29, 1.82) is 0 Å². The molecule has 6 rings (SSSR count). The van der Waals surface area contributed by atoms with Gasteiger partial charge in [-0.1, -0.05) is 36.4 Å². The van der Waals surface area contributed by atoms with Crippen LogP contribution in [0.3, 0.4) is 0 Å². The minimum Gasteiger partial charge on any atom is -0.483 e. The van der Waals surface area contributed by atoms with E-state index in [1.807, 2.05) is 62.4 Å². The maximum Gasteiger partial charge on any atom is 0.290 e. The molecule has 0 radical (unpaired) electrons. The summed E-state index contributed by atoms with van der Waals surface area (Å²) in [6, 6.07) is 15.7. The molecule has 4 atom stereocenters. The molecule has 248 valence electrons. The second-order valence-corrected chi connectivity index (χ2v) is 10.9.